The Morgan fingerprint density at radius 2 is 1.89 bits per heavy atom. The maximum atomic E-state index is 11.0. The molecular formula is C21H19Cl3O3S. The van der Waals surface area contributed by atoms with Gasteiger partial charge in [-0.05, 0) is 60.7 Å². The number of rotatable bonds is 6. The van der Waals surface area contributed by atoms with Gasteiger partial charge in [0.2, 0.25) is 0 Å². The van der Waals surface area contributed by atoms with Gasteiger partial charge < -0.3 is 10.2 Å². The monoisotopic (exact) mass is 456 g/mol. The maximum absolute atomic E-state index is 11.0. The molecule has 1 heterocycles. The van der Waals surface area contributed by atoms with Crippen LogP contribution in [-0.2, 0) is 0 Å². The van der Waals surface area contributed by atoms with Gasteiger partial charge in [-0.1, -0.05) is 41.4 Å². The Labute approximate surface area is 182 Å². The molecule has 7 heteroatoms. The van der Waals surface area contributed by atoms with Crippen molar-refractivity contribution in [3.8, 4) is 0 Å². The van der Waals surface area contributed by atoms with Crippen LogP contribution in [0.1, 0.15) is 33.0 Å². The lowest BCUT2D eigenvalue weighted by molar-refractivity contribution is 0.0702. The van der Waals surface area contributed by atoms with Gasteiger partial charge >= 0.3 is 5.97 Å². The number of alkyl halides is 1. The Morgan fingerprint density at radius 1 is 1.18 bits per heavy atom. The third-order valence-corrected chi connectivity index (χ3v) is 6.77. The predicted octanol–water partition coefficient (Wildman–Crippen LogP) is 6.47. The van der Waals surface area contributed by atoms with Crippen LogP contribution in [0.4, 0.5) is 0 Å². The summed E-state index contributed by atoms with van der Waals surface area (Å²) in [6.07, 6.45) is 8.50. The number of hydrogen-bond donors (Lipinski definition) is 2. The van der Waals surface area contributed by atoms with Gasteiger partial charge in [0.25, 0.3) is 0 Å². The normalized spacial score (nSPS) is 25.1. The van der Waals surface area contributed by atoms with E-state index < -0.39 is 12.1 Å². The average Bonchev–Trinajstić information content (AvgIpc) is 3.18. The third kappa shape index (κ3) is 5.40. The van der Waals surface area contributed by atoms with E-state index in [0.29, 0.717) is 27.8 Å². The van der Waals surface area contributed by atoms with Gasteiger partial charge in [0.15, 0.2) is 0 Å². The number of benzene rings is 1. The highest BCUT2D eigenvalue weighted by Gasteiger charge is 2.39. The summed E-state index contributed by atoms with van der Waals surface area (Å²) in [6, 6.07) is 8.68. The first-order chi connectivity index (χ1) is 13.3. The summed E-state index contributed by atoms with van der Waals surface area (Å²) >= 11 is 19.8. The van der Waals surface area contributed by atoms with Crippen LogP contribution in [0.3, 0.4) is 0 Å². The van der Waals surface area contributed by atoms with Crippen LogP contribution in [0, 0.1) is 11.8 Å². The van der Waals surface area contributed by atoms with Crippen LogP contribution < -0.4 is 0 Å². The van der Waals surface area contributed by atoms with Crippen LogP contribution in [0.15, 0.2) is 42.5 Å². The number of hydrogen-bond acceptors (Lipinski definition) is 3. The molecule has 0 bridgehead atoms. The summed E-state index contributed by atoms with van der Waals surface area (Å²) in [5, 5.41) is 20.4. The van der Waals surface area contributed by atoms with Gasteiger partial charge in [-0.2, -0.15) is 0 Å². The lowest BCUT2D eigenvalue weighted by atomic mass is 9.90. The number of thiophene rings is 1. The quantitative estimate of drug-likeness (QED) is 0.488. The number of allylic oxidation sites excluding steroid dienone is 1. The lowest BCUT2D eigenvalue weighted by Crippen LogP contribution is -2.18. The standard InChI is InChI=1S/C21H19Cl3O3S/c22-13-8-12(9-14(23)10-13)4-6-17-16(18(24)11-19(17)25)3-1-2-15-5-7-20(28-15)21(26)27/h1-2,4-10,16-19,25H,3,11H2,(H,26,27). The van der Waals surface area contributed by atoms with Crippen molar-refractivity contribution in [3.05, 3.63) is 67.8 Å². The minimum absolute atomic E-state index is 0.0807. The van der Waals surface area contributed by atoms with E-state index in [9.17, 15) is 9.90 Å². The van der Waals surface area contributed by atoms with Crippen molar-refractivity contribution >= 4 is 64.3 Å². The zero-order valence-electron chi connectivity index (χ0n) is 14.8. The van der Waals surface area contributed by atoms with Gasteiger partial charge in [0.05, 0.1) is 6.10 Å². The molecule has 1 aromatic carbocycles. The van der Waals surface area contributed by atoms with Crippen molar-refractivity contribution in [2.45, 2.75) is 24.3 Å². The fourth-order valence-corrected chi connectivity index (χ4v) is 5.23. The van der Waals surface area contributed by atoms with E-state index in [1.807, 2.05) is 36.4 Å². The Bertz CT molecular complexity index is 886. The fourth-order valence-electron chi connectivity index (χ4n) is 3.46. The number of aromatic carboxylic acids is 1. The third-order valence-electron chi connectivity index (χ3n) is 4.79. The molecule has 28 heavy (non-hydrogen) atoms. The summed E-state index contributed by atoms with van der Waals surface area (Å²) in [5.41, 5.74) is 0.872. The molecule has 1 saturated carbocycles. The highest BCUT2D eigenvalue weighted by atomic mass is 35.5. The van der Waals surface area contributed by atoms with Crippen LogP contribution in [-0.4, -0.2) is 27.7 Å². The summed E-state index contributed by atoms with van der Waals surface area (Å²) in [6.45, 7) is 0. The molecule has 0 saturated heterocycles. The molecule has 0 radical (unpaired) electrons. The SMILES string of the molecule is O=C(O)c1ccc(C=CCC2C(Cl)CC(O)C2C=Cc2cc(Cl)cc(Cl)c2)s1. The topological polar surface area (TPSA) is 57.5 Å². The summed E-state index contributed by atoms with van der Waals surface area (Å²) in [7, 11) is 0. The van der Waals surface area contributed by atoms with Crippen molar-refractivity contribution < 1.29 is 15.0 Å². The molecule has 4 atom stereocenters. The van der Waals surface area contributed by atoms with E-state index in [1.54, 1.807) is 18.2 Å². The lowest BCUT2D eigenvalue weighted by Gasteiger charge is -2.19. The molecule has 1 aliphatic rings. The van der Waals surface area contributed by atoms with Crippen LogP contribution in [0.2, 0.25) is 10.0 Å². The first kappa shape index (κ1) is 21.4. The minimum atomic E-state index is -0.921. The van der Waals surface area contributed by atoms with Crippen molar-refractivity contribution in [1.82, 2.24) is 0 Å². The van der Waals surface area contributed by atoms with Gasteiger partial charge in [-0.25, -0.2) is 4.79 Å². The molecule has 2 aromatic rings. The Morgan fingerprint density at radius 3 is 2.54 bits per heavy atom. The molecule has 3 nitrogen and oxygen atoms in total. The molecule has 1 fully saturated rings. The molecule has 0 amide bonds. The van der Waals surface area contributed by atoms with E-state index in [1.165, 1.54) is 11.3 Å². The molecule has 1 aromatic heterocycles. The highest BCUT2D eigenvalue weighted by molar-refractivity contribution is 7.14. The van der Waals surface area contributed by atoms with Crippen LogP contribution >= 0.6 is 46.1 Å². The molecule has 3 rings (SSSR count). The molecular weight excluding hydrogens is 439 g/mol. The summed E-state index contributed by atoms with van der Waals surface area (Å²) < 4.78 is 0. The Kier molecular flexibility index (Phi) is 7.24. The minimum Gasteiger partial charge on any atom is -0.477 e. The highest BCUT2D eigenvalue weighted by Crippen LogP contribution is 2.40. The second-order valence-electron chi connectivity index (χ2n) is 6.77. The van der Waals surface area contributed by atoms with Crippen molar-refractivity contribution in [2.24, 2.45) is 11.8 Å². The van der Waals surface area contributed by atoms with Crippen LogP contribution in [0.25, 0.3) is 12.2 Å². The van der Waals surface area contributed by atoms with Gasteiger partial charge in [0, 0.05) is 26.2 Å². The number of halogens is 3. The second kappa shape index (κ2) is 9.47. The smallest absolute Gasteiger partial charge is 0.345 e. The van der Waals surface area contributed by atoms with Crippen molar-refractivity contribution in [3.63, 3.8) is 0 Å². The molecule has 0 spiro atoms. The predicted molar refractivity (Wildman–Crippen MR) is 118 cm³/mol. The Balaban J connectivity index is 1.70. The summed E-state index contributed by atoms with van der Waals surface area (Å²) in [4.78, 5) is 12.2. The number of aliphatic hydroxyl groups excluding tert-OH is 1. The number of carboxylic acid groups (broad SMARTS) is 1. The second-order valence-corrected chi connectivity index (χ2v) is 9.32. The molecule has 1 aliphatic carbocycles. The van der Waals surface area contributed by atoms with E-state index >= 15 is 0 Å². The van der Waals surface area contributed by atoms with E-state index in [4.69, 9.17) is 39.9 Å². The van der Waals surface area contributed by atoms with E-state index in [-0.39, 0.29) is 17.2 Å². The van der Waals surface area contributed by atoms with Gasteiger partial charge in [0.1, 0.15) is 4.88 Å². The van der Waals surface area contributed by atoms with Crippen molar-refractivity contribution in [2.75, 3.05) is 0 Å². The van der Waals surface area contributed by atoms with Crippen molar-refractivity contribution in [1.29, 1.82) is 0 Å². The van der Waals surface area contributed by atoms with Gasteiger partial charge in [-0.3, -0.25) is 0 Å². The van der Waals surface area contributed by atoms with Gasteiger partial charge in [-0.15, -0.1) is 22.9 Å². The first-order valence-corrected chi connectivity index (χ1v) is 10.8. The molecule has 4 unspecified atom stereocenters. The molecule has 2 N–H and O–H groups in total. The van der Waals surface area contributed by atoms with E-state index in [0.717, 1.165) is 10.4 Å². The average molecular weight is 458 g/mol. The fraction of sp³-hybridized carbons (Fsp3) is 0.286. The molecule has 148 valence electrons. The number of carboxylic acids is 1. The largest absolute Gasteiger partial charge is 0.477 e. The Hall–Kier alpha value is -1.30. The summed E-state index contributed by atoms with van der Waals surface area (Å²) in [5.74, 6) is -0.920. The number of carbonyl (C=O) groups is 1. The van der Waals surface area contributed by atoms with Crippen LogP contribution in [0.5, 0.6) is 0 Å². The van der Waals surface area contributed by atoms with E-state index in [2.05, 4.69) is 0 Å². The zero-order chi connectivity index (χ0) is 20.3. The maximum Gasteiger partial charge on any atom is 0.345 e. The number of aliphatic hydroxyl groups is 1. The first-order valence-electron chi connectivity index (χ1n) is 8.79. The molecule has 0 aliphatic heterocycles. The zero-order valence-corrected chi connectivity index (χ0v) is 17.8.